The van der Waals surface area contributed by atoms with Crippen LogP contribution in [-0.4, -0.2) is 61.7 Å². The van der Waals surface area contributed by atoms with E-state index in [1.165, 1.54) is 19.2 Å². The molecule has 3 aromatic rings. The van der Waals surface area contributed by atoms with E-state index in [4.69, 9.17) is 26.1 Å². The number of hydrogen-bond donors (Lipinski definition) is 1. The molecule has 10 heteroatoms. The summed E-state index contributed by atoms with van der Waals surface area (Å²) in [5, 5.41) is 3.29. The molecule has 0 aliphatic heterocycles. The van der Waals surface area contributed by atoms with E-state index in [0.29, 0.717) is 52.6 Å². The Morgan fingerprint density at radius 3 is 2.47 bits per heavy atom. The molecule has 7 nitrogen and oxygen atoms in total. The van der Waals surface area contributed by atoms with Gasteiger partial charge in [-0.1, -0.05) is 60.7 Å². The quantitative estimate of drug-likeness (QED) is 0.181. The lowest BCUT2D eigenvalue weighted by atomic mass is 9.81. The molecule has 0 unspecified atom stereocenters. The Balaban J connectivity index is 1.80. The van der Waals surface area contributed by atoms with Gasteiger partial charge in [0, 0.05) is 23.2 Å². The van der Waals surface area contributed by atoms with Crippen molar-refractivity contribution in [3.63, 3.8) is 0 Å². The van der Waals surface area contributed by atoms with Crippen molar-refractivity contribution in [2.75, 3.05) is 34.4 Å². The average Bonchev–Trinajstić information content (AvgIpc) is 2.99. The number of nitrogens with zero attached hydrogens (tertiary/aromatic N) is 2. The van der Waals surface area contributed by atoms with E-state index in [2.05, 4.69) is 5.32 Å². The van der Waals surface area contributed by atoms with Gasteiger partial charge in [0.15, 0.2) is 0 Å². The van der Waals surface area contributed by atoms with Crippen LogP contribution in [0.25, 0.3) is 22.4 Å². The molecule has 1 N–H and O–H groups in total. The van der Waals surface area contributed by atoms with Crippen LogP contribution in [-0.2, 0) is 9.53 Å². The third-order valence-electron chi connectivity index (χ3n) is 7.71. The number of ether oxygens (including phenoxy) is 2. The zero-order valence-electron chi connectivity index (χ0n) is 25.0. The summed E-state index contributed by atoms with van der Waals surface area (Å²) in [6, 6.07) is 12.9. The Kier molecular flexibility index (Phi) is 10.7. The topological polar surface area (TPSA) is 80.8 Å². The van der Waals surface area contributed by atoms with Gasteiger partial charge >= 0.3 is 5.97 Å². The van der Waals surface area contributed by atoms with Crippen LogP contribution in [0.2, 0.25) is 5.02 Å². The number of carbonyl (C=O) groups excluding carboxylic acids is 2. The summed E-state index contributed by atoms with van der Waals surface area (Å²) < 4.78 is 39.4. The SMILES string of the molecule is COC(=O)C1(NC(=O)c2ccc(-c3cc(C)ccc3C(F)F)c(-c3ccc(Cl)c(OCCCN(C)C)c3)n2)CCCCC1. The predicted octanol–water partition coefficient (Wildman–Crippen LogP) is 7.25. The molecule has 1 aromatic heterocycles. The van der Waals surface area contributed by atoms with Gasteiger partial charge in [0.1, 0.15) is 17.0 Å². The van der Waals surface area contributed by atoms with Gasteiger partial charge in [-0.2, -0.15) is 0 Å². The fourth-order valence-electron chi connectivity index (χ4n) is 5.45. The first kappa shape index (κ1) is 32.4. The second-order valence-electron chi connectivity index (χ2n) is 11.2. The van der Waals surface area contributed by atoms with Crippen LogP contribution in [0.1, 0.15) is 66.6 Å². The monoisotopic (exact) mass is 613 g/mol. The summed E-state index contributed by atoms with van der Waals surface area (Å²) >= 11 is 6.46. The number of nitrogens with one attached hydrogen (secondary N) is 1. The fraction of sp³-hybridized carbons (Fsp3) is 0.424. The highest BCUT2D eigenvalue weighted by Gasteiger charge is 2.42. The van der Waals surface area contributed by atoms with Gasteiger partial charge in [-0.15, -0.1) is 0 Å². The summed E-state index contributed by atoms with van der Waals surface area (Å²) in [6.45, 7) is 3.08. The molecule has 2 aromatic carbocycles. The van der Waals surface area contributed by atoms with Crippen LogP contribution < -0.4 is 10.1 Å². The van der Waals surface area contributed by atoms with Crippen LogP contribution in [0.3, 0.4) is 0 Å². The van der Waals surface area contributed by atoms with Crippen LogP contribution in [0.5, 0.6) is 5.75 Å². The Bertz CT molecular complexity index is 1460. The second kappa shape index (κ2) is 14.3. The van der Waals surface area contributed by atoms with Crippen molar-refractivity contribution in [2.24, 2.45) is 0 Å². The fourth-order valence-corrected chi connectivity index (χ4v) is 5.63. The lowest BCUT2D eigenvalue weighted by Crippen LogP contribution is -2.56. The number of carbonyl (C=O) groups is 2. The molecule has 230 valence electrons. The molecule has 4 rings (SSSR count). The van der Waals surface area contributed by atoms with Crippen LogP contribution >= 0.6 is 11.6 Å². The van der Waals surface area contributed by atoms with Crippen molar-refractivity contribution in [3.05, 3.63) is 70.4 Å². The van der Waals surface area contributed by atoms with Crippen LogP contribution in [0.4, 0.5) is 8.78 Å². The molecule has 1 saturated carbocycles. The molecule has 1 amide bonds. The maximum atomic E-state index is 14.2. The zero-order valence-corrected chi connectivity index (χ0v) is 25.8. The Labute approximate surface area is 256 Å². The summed E-state index contributed by atoms with van der Waals surface area (Å²) in [5.74, 6) is -0.620. The van der Waals surface area contributed by atoms with Crippen molar-refractivity contribution in [1.29, 1.82) is 0 Å². The van der Waals surface area contributed by atoms with E-state index >= 15 is 0 Å². The van der Waals surface area contributed by atoms with Gasteiger partial charge in [-0.05, 0) is 70.1 Å². The van der Waals surface area contributed by atoms with E-state index in [9.17, 15) is 18.4 Å². The number of rotatable bonds is 11. The van der Waals surface area contributed by atoms with Gasteiger partial charge in [0.2, 0.25) is 0 Å². The van der Waals surface area contributed by atoms with Crippen molar-refractivity contribution >= 4 is 23.5 Å². The molecule has 0 saturated heterocycles. The summed E-state index contributed by atoms with van der Waals surface area (Å²) in [7, 11) is 5.26. The number of alkyl halides is 2. The van der Waals surface area contributed by atoms with E-state index in [0.717, 1.165) is 37.8 Å². The van der Waals surface area contributed by atoms with Crippen LogP contribution in [0, 0.1) is 6.92 Å². The maximum absolute atomic E-state index is 14.2. The smallest absolute Gasteiger partial charge is 0.331 e. The average molecular weight is 614 g/mol. The normalized spacial score (nSPS) is 14.5. The Morgan fingerprint density at radius 1 is 1.05 bits per heavy atom. The molecular formula is C33H38ClF2N3O4. The Hall–Kier alpha value is -3.56. The molecule has 0 spiro atoms. The van der Waals surface area contributed by atoms with Gasteiger partial charge in [-0.3, -0.25) is 4.79 Å². The standard InChI is InChI=1S/C33H38ClF2N3O4/c1-21-9-11-24(30(35)36)25(19-21)23-12-14-27(31(40)38-33(32(41)42-4)15-6-5-7-16-33)37-29(23)22-10-13-26(34)28(20-22)43-18-8-17-39(2)3/h9-14,19-20,30H,5-8,15-18H2,1-4H3,(H,38,40). The van der Waals surface area contributed by atoms with Crippen molar-refractivity contribution in [3.8, 4) is 28.1 Å². The first-order valence-electron chi connectivity index (χ1n) is 14.4. The summed E-state index contributed by atoms with van der Waals surface area (Å²) in [5.41, 5.74) is 1.14. The second-order valence-corrected chi connectivity index (χ2v) is 11.6. The number of methoxy groups -OCH3 is 1. The van der Waals surface area contributed by atoms with Gasteiger partial charge in [-0.25, -0.2) is 18.6 Å². The lowest BCUT2D eigenvalue weighted by molar-refractivity contribution is -0.149. The minimum atomic E-state index is -2.72. The van der Waals surface area contributed by atoms with E-state index in [1.54, 1.807) is 36.4 Å². The minimum absolute atomic E-state index is 0.0438. The lowest BCUT2D eigenvalue weighted by Gasteiger charge is -2.35. The third-order valence-corrected chi connectivity index (χ3v) is 8.02. The third kappa shape index (κ3) is 7.70. The maximum Gasteiger partial charge on any atom is 0.331 e. The highest BCUT2D eigenvalue weighted by molar-refractivity contribution is 6.32. The molecule has 1 aliphatic rings. The number of esters is 1. The van der Waals surface area contributed by atoms with Crippen molar-refractivity contribution in [2.45, 2.75) is 57.4 Å². The molecule has 43 heavy (non-hydrogen) atoms. The molecule has 1 heterocycles. The molecule has 0 radical (unpaired) electrons. The zero-order chi connectivity index (χ0) is 31.1. The number of halogens is 3. The number of amides is 1. The summed E-state index contributed by atoms with van der Waals surface area (Å²) in [6.07, 6.45) is 1.49. The molecular weight excluding hydrogens is 576 g/mol. The van der Waals surface area contributed by atoms with Crippen LogP contribution in [0.15, 0.2) is 48.5 Å². The van der Waals surface area contributed by atoms with Gasteiger partial charge in [0.05, 0.1) is 24.4 Å². The number of hydrogen-bond acceptors (Lipinski definition) is 6. The number of benzene rings is 2. The largest absolute Gasteiger partial charge is 0.492 e. The number of pyridine rings is 1. The van der Waals surface area contributed by atoms with E-state index < -0.39 is 23.8 Å². The highest BCUT2D eigenvalue weighted by Crippen LogP contribution is 2.39. The predicted molar refractivity (Wildman–Crippen MR) is 164 cm³/mol. The summed E-state index contributed by atoms with van der Waals surface area (Å²) in [4.78, 5) is 33.1. The minimum Gasteiger partial charge on any atom is -0.492 e. The highest BCUT2D eigenvalue weighted by atomic mass is 35.5. The Morgan fingerprint density at radius 2 is 1.79 bits per heavy atom. The number of aromatic nitrogens is 1. The van der Waals surface area contributed by atoms with Gasteiger partial charge < -0.3 is 19.7 Å². The molecule has 0 bridgehead atoms. The van der Waals surface area contributed by atoms with Gasteiger partial charge in [0.25, 0.3) is 12.3 Å². The molecule has 0 atom stereocenters. The van der Waals surface area contributed by atoms with E-state index in [-0.39, 0.29) is 11.3 Å². The van der Waals surface area contributed by atoms with Crippen molar-refractivity contribution < 1.29 is 27.8 Å². The first-order valence-corrected chi connectivity index (χ1v) is 14.8. The molecule has 1 fully saturated rings. The van der Waals surface area contributed by atoms with E-state index in [1.807, 2.05) is 25.9 Å². The molecule has 1 aliphatic carbocycles. The first-order chi connectivity index (χ1) is 20.5. The number of aryl methyl sites for hydroxylation is 1. The van der Waals surface area contributed by atoms with Crippen molar-refractivity contribution in [1.82, 2.24) is 15.2 Å².